The van der Waals surface area contributed by atoms with Crippen molar-refractivity contribution < 1.29 is 4.74 Å². The summed E-state index contributed by atoms with van der Waals surface area (Å²) in [5, 5.41) is 0.842. The van der Waals surface area contributed by atoms with Gasteiger partial charge in [0.05, 0.1) is 24.7 Å². The maximum Gasteiger partial charge on any atom is 0.259 e. The molecule has 6 nitrogen and oxygen atoms in total. The zero-order valence-corrected chi connectivity index (χ0v) is 19.6. The molecule has 31 heavy (non-hydrogen) atoms. The normalized spacial score (nSPS) is 16.5. The van der Waals surface area contributed by atoms with Crippen LogP contribution < -0.4 is 15.2 Å². The average Bonchev–Trinajstić information content (AvgIpc) is 3.20. The van der Waals surface area contributed by atoms with E-state index in [0.29, 0.717) is 6.54 Å². The standard InChI is InChI=1S/C22H26N4O2S.C2H6/c1-28-17-8-4-3-7-16(17)26-12-10-25(11-13-26)14-19-23-21(27)20-15-6-2-5-9-18(15)29-22(20)24-19;1-2/h3-4,7-8H,2,5-6,9-14H2,1H3,(H,23,24,27);1-2H3. The number of fused-ring (bicyclic) bond motifs is 3. The lowest BCUT2D eigenvalue weighted by molar-refractivity contribution is 0.243. The lowest BCUT2D eigenvalue weighted by Gasteiger charge is -2.36. The Morgan fingerprint density at radius 3 is 2.61 bits per heavy atom. The Bertz CT molecular complexity index is 1080. The number of nitrogens with one attached hydrogen (secondary N) is 1. The summed E-state index contributed by atoms with van der Waals surface area (Å²) in [7, 11) is 1.72. The van der Waals surface area contributed by atoms with Crippen molar-refractivity contribution >= 4 is 27.2 Å². The Labute approximate surface area is 187 Å². The number of methoxy groups -OCH3 is 1. The summed E-state index contributed by atoms with van der Waals surface area (Å²) in [6.45, 7) is 8.41. The molecular formula is C24H32N4O2S. The van der Waals surface area contributed by atoms with Crippen LogP contribution in [-0.2, 0) is 19.4 Å². The number of para-hydroxylation sites is 2. The number of nitrogens with zero attached hydrogens (tertiary/aromatic N) is 3. The second kappa shape index (κ2) is 9.83. The smallest absolute Gasteiger partial charge is 0.259 e. The molecule has 1 fully saturated rings. The molecule has 0 atom stereocenters. The number of benzene rings is 1. The van der Waals surface area contributed by atoms with Crippen molar-refractivity contribution in [3.05, 3.63) is 50.9 Å². The van der Waals surface area contributed by atoms with E-state index in [0.717, 1.165) is 66.5 Å². The molecule has 7 heteroatoms. The molecule has 5 rings (SSSR count). The molecule has 1 aromatic carbocycles. The predicted octanol–water partition coefficient (Wildman–Crippen LogP) is 4.22. The largest absolute Gasteiger partial charge is 0.495 e. The topological polar surface area (TPSA) is 61.5 Å². The third-order valence-electron chi connectivity index (χ3n) is 6.05. The Balaban J connectivity index is 0.00000112. The minimum Gasteiger partial charge on any atom is -0.495 e. The fraction of sp³-hybridized carbons (Fsp3) is 0.500. The first-order chi connectivity index (χ1) is 15.2. The number of ether oxygens (including phenoxy) is 1. The third-order valence-corrected chi connectivity index (χ3v) is 7.23. The molecule has 0 bridgehead atoms. The molecule has 0 amide bonds. The number of piperazine rings is 1. The van der Waals surface area contributed by atoms with Crippen molar-refractivity contribution in [2.75, 3.05) is 38.2 Å². The van der Waals surface area contributed by atoms with Gasteiger partial charge in [-0.3, -0.25) is 9.69 Å². The van der Waals surface area contributed by atoms with Gasteiger partial charge in [-0.25, -0.2) is 4.98 Å². The van der Waals surface area contributed by atoms with Crippen LogP contribution >= 0.6 is 11.3 Å². The maximum atomic E-state index is 12.8. The summed E-state index contributed by atoms with van der Waals surface area (Å²) in [4.78, 5) is 27.7. The third kappa shape index (κ3) is 4.48. The van der Waals surface area contributed by atoms with Crippen LogP contribution in [0.1, 0.15) is 43.0 Å². The summed E-state index contributed by atoms with van der Waals surface area (Å²) in [5.74, 6) is 1.70. The molecule has 0 spiro atoms. The Kier molecular flexibility index (Phi) is 6.92. The highest BCUT2D eigenvalue weighted by Gasteiger charge is 2.22. The van der Waals surface area contributed by atoms with Crippen LogP contribution in [0.2, 0.25) is 0 Å². The van der Waals surface area contributed by atoms with Crippen molar-refractivity contribution in [1.82, 2.24) is 14.9 Å². The molecule has 2 aromatic heterocycles. The summed E-state index contributed by atoms with van der Waals surface area (Å²) in [6.07, 6.45) is 4.51. The van der Waals surface area contributed by atoms with Gasteiger partial charge < -0.3 is 14.6 Å². The first-order valence-electron chi connectivity index (χ1n) is 11.4. The highest BCUT2D eigenvalue weighted by Crippen LogP contribution is 2.33. The van der Waals surface area contributed by atoms with Crippen molar-refractivity contribution in [2.45, 2.75) is 46.1 Å². The van der Waals surface area contributed by atoms with E-state index >= 15 is 0 Å². The average molecular weight is 441 g/mol. The molecule has 1 aliphatic carbocycles. The minimum absolute atomic E-state index is 0.0389. The number of H-pyrrole nitrogens is 1. The van der Waals surface area contributed by atoms with E-state index in [-0.39, 0.29) is 5.56 Å². The molecular weight excluding hydrogens is 408 g/mol. The van der Waals surface area contributed by atoms with Crippen molar-refractivity contribution in [3.8, 4) is 5.75 Å². The van der Waals surface area contributed by atoms with Crippen molar-refractivity contribution in [3.63, 3.8) is 0 Å². The van der Waals surface area contributed by atoms with Crippen LogP contribution in [0, 0.1) is 0 Å². The minimum atomic E-state index is 0.0389. The van der Waals surface area contributed by atoms with E-state index in [9.17, 15) is 4.79 Å². The van der Waals surface area contributed by atoms with E-state index in [1.165, 1.54) is 23.3 Å². The van der Waals surface area contributed by atoms with Crippen LogP contribution in [0.15, 0.2) is 29.1 Å². The molecule has 0 unspecified atom stereocenters. The summed E-state index contributed by atoms with van der Waals surface area (Å²) < 4.78 is 5.51. The lowest BCUT2D eigenvalue weighted by atomic mass is 9.97. The van der Waals surface area contributed by atoms with E-state index in [4.69, 9.17) is 9.72 Å². The number of anilines is 1. The second-order valence-electron chi connectivity index (χ2n) is 7.84. The Morgan fingerprint density at radius 1 is 1.10 bits per heavy atom. The highest BCUT2D eigenvalue weighted by molar-refractivity contribution is 7.18. The van der Waals surface area contributed by atoms with Gasteiger partial charge in [0.15, 0.2) is 0 Å². The first kappa shape index (κ1) is 21.8. The Hall–Kier alpha value is -2.38. The second-order valence-corrected chi connectivity index (χ2v) is 8.92. The number of aromatic amines is 1. The molecule has 0 saturated carbocycles. The predicted molar refractivity (Wildman–Crippen MR) is 129 cm³/mol. The molecule has 1 saturated heterocycles. The van der Waals surface area contributed by atoms with Gasteiger partial charge >= 0.3 is 0 Å². The van der Waals surface area contributed by atoms with Gasteiger partial charge in [-0.15, -0.1) is 11.3 Å². The van der Waals surface area contributed by atoms with Gasteiger partial charge in [-0.2, -0.15) is 0 Å². The number of thiophene rings is 1. The van der Waals surface area contributed by atoms with Gasteiger partial charge in [0.25, 0.3) is 5.56 Å². The van der Waals surface area contributed by atoms with Gasteiger partial charge in [0, 0.05) is 31.1 Å². The first-order valence-corrected chi connectivity index (χ1v) is 12.2. The van der Waals surface area contributed by atoms with Crippen molar-refractivity contribution in [2.24, 2.45) is 0 Å². The van der Waals surface area contributed by atoms with Gasteiger partial charge in [0.1, 0.15) is 16.4 Å². The van der Waals surface area contributed by atoms with Gasteiger partial charge in [0.2, 0.25) is 0 Å². The van der Waals surface area contributed by atoms with Crippen LogP contribution in [-0.4, -0.2) is 48.2 Å². The summed E-state index contributed by atoms with van der Waals surface area (Å²) in [6, 6.07) is 8.17. The number of hydrogen-bond acceptors (Lipinski definition) is 6. The van der Waals surface area contributed by atoms with E-state index in [1.807, 2.05) is 26.0 Å². The van der Waals surface area contributed by atoms with Crippen LogP contribution in [0.3, 0.4) is 0 Å². The molecule has 2 aliphatic rings. The number of rotatable bonds is 4. The van der Waals surface area contributed by atoms with Crippen LogP contribution in [0.4, 0.5) is 5.69 Å². The monoisotopic (exact) mass is 440 g/mol. The lowest BCUT2D eigenvalue weighted by Crippen LogP contribution is -2.46. The fourth-order valence-corrected chi connectivity index (χ4v) is 5.81. The van der Waals surface area contributed by atoms with Crippen LogP contribution in [0.5, 0.6) is 5.75 Å². The molecule has 1 aliphatic heterocycles. The maximum absolute atomic E-state index is 12.8. The molecule has 0 radical (unpaired) electrons. The molecule has 166 valence electrons. The Morgan fingerprint density at radius 2 is 1.84 bits per heavy atom. The quantitative estimate of drug-likeness (QED) is 0.658. The summed E-state index contributed by atoms with van der Waals surface area (Å²) in [5.41, 5.74) is 2.44. The van der Waals surface area contributed by atoms with E-state index in [2.05, 4.69) is 26.9 Å². The van der Waals surface area contributed by atoms with Gasteiger partial charge in [-0.05, 0) is 43.4 Å². The molecule has 3 heterocycles. The van der Waals surface area contributed by atoms with Crippen molar-refractivity contribution in [1.29, 1.82) is 0 Å². The summed E-state index contributed by atoms with van der Waals surface area (Å²) >= 11 is 1.72. The number of hydrogen-bond donors (Lipinski definition) is 1. The zero-order chi connectivity index (χ0) is 21.8. The SMILES string of the molecule is CC.COc1ccccc1N1CCN(Cc2nc3sc4c(c3c(=O)[nH]2)CCCC4)CC1. The highest BCUT2D eigenvalue weighted by atomic mass is 32.1. The molecule has 1 N–H and O–H groups in total. The van der Waals surface area contributed by atoms with Crippen LogP contribution in [0.25, 0.3) is 10.2 Å². The number of aryl methyl sites for hydroxylation is 2. The molecule has 3 aromatic rings. The van der Waals surface area contributed by atoms with E-state index < -0.39 is 0 Å². The fourth-order valence-electron chi connectivity index (χ4n) is 4.53. The van der Waals surface area contributed by atoms with E-state index in [1.54, 1.807) is 18.4 Å². The number of aromatic nitrogens is 2. The van der Waals surface area contributed by atoms with Gasteiger partial charge in [-0.1, -0.05) is 26.0 Å². The zero-order valence-electron chi connectivity index (χ0n) is 18.7.